The van der Waals surface area contributed by atoms with Gasteiger partial charge in [-0.2, -0.15) is 0 Å². The topological polar surface area (TPSA) is 119 Å². The molecule has 1 amide bonds. The maximum Gasteiger partial charge on any atom is 0.326 e. The van der Waals surface area contributed by atoms with Crippen LogP contribution in [0.25, 0.3) is 0 Å². The molecule has 36 heavy (non-hydrogen) atoms. The highest BCUT2D eigenvalue weighted by molar-refractivity contribution is 6.34. The highest BCUT2D eigenvalue weighted by atomic mass is 35.5. The van der Waals surface area contributed by atoms with Crippen LogP contribution in [0.1, 0.15) is 21.6 Å². The lowest BCUT2D eigenvalue weighted by atomic mass is 10.1. The first-order valence-corrected chi connectivity index (χ1v) is 11.8. The number of carbonyl (C=O) groups is 2. The molecule has 1 aromatic heterocycles. The molecule has 1 aliphatic heterocycles. The summed E-state index contributed by atoms with van der Waals surface area (Å²) < 4.78 is 16.4. The van der Waals surface area contributed by atoms with Crippen molar-refractivity contribution in [2.45, 2.75) is 18.9 Å². The number of carboxylic acids is 1. The Morgan fingerprint density at radius 3 is 2.67 bits per heavy atom. The van der Waals surface area contributed by atoms with Crippen molar-refractivity contribution in [2.75, 3.05) is 32.2 Å². The number of fused-ring (bicyclic) bond motifs is 1. The number of aliphatic carboxylic acids is 1. The summed E-state index contributed by atoms with van der Waals surface area (Å²) in [6.07, 6.45) is 0.710. The molecule has 1 atom stereocenters. The fourth-order valence-electron chi connectivity index (χ4n) is 3.67. The third-order valence-corrected chi connectivity index (χ3v) is 5.90. The number of carboxylic acid groups (broad SMARTS) is 1. The quantitative estimate of drug-likeness (QED) is 0.378. The van der Waals surface area contributed by atoms with Gasteiger partial charge in [0.2, 0.25) is 5.88 Å². The Kier molecular flexibility index (Phi) is 8.12. The van der Waals surface area contributed by atoms with E-state index in [2.05, 4.69) is 15.6 Å². The number of rotatable bonds is 10. The maximum atomic E-state index is 12.6. The van der Waals surface area contributed by atoms with Crippen LogP contribution in [0, 0.1) is 0 Å². The normalized spacial score (nSPS) is 12.9. The van der Waals surface area contributed by atoms with E-state index in [9.17, 15) is 14.7 Å². The molecule has 3 aromatic rings. The van der Waals surface area contributed by atoms with E-state index in [0.29, 0.717) is 37.0 Å². The predicted octanol–water partition coefficient (Wildman–Crippen LogP) is 3.60. The van der Waals surface area contributed by atoms with Crippen molar-refractivity contribution in [1.29, 1.82) is 0 Å². The fraction of sp³-hybridized carbons (Fsp3) is 0.269. The van der Waals surface area contributed by atoms with E-state index >= 15 is 0 Å². The Hall–Kier alpha value is -3.98. The van der Waals surface area contributed by atoms with Crippen LogP contribution in [0.5, 0.6) is 17.4 Å². The third-order valence-electron chi connectivity index (χ3n) is 5.59. The molecule has 0 aliphatic carbocycles. The summed E-state index contributed by atoms with van der Waals surface area (Å²) in [6, 6.07) is 14.4. The number of nitrogens with zero attached hydrogens (tertiary/aromatic N) is 1. The zero-order valence-electron chi connectivity index (χ0n) is 19.6. The second-order valence-corrected chi connectivity index (χ2v) is 8.49. The van der Waals surface area contributed by atoms with Gasteiger partial charge in [-0.25, -0.2) is 9.78 Å². The van der Waals surface area contributed by atoms with E-state index < -0.39 is 17.9 Å². The maximum absolute atomic E-state index is 12.6. The third kappa shape index (κ3) is 6.37. The van der Waals surface area contributed by atoms with E-state index in [4.69, 9.17) is 25.8 Å². The lowest BCUT2D eigenvalue weighted by molar-refractivity contribution is -0.139. The molecule has 4 rings (SSSR count). The van der Waals surface area contributed by atoms with Crippen LogP contribution < -0.4 is 24.8 Å². The van der Waals surface area contributed by atoms with Crippen LogP contribution in [0.3, 0.4) is 0 Å². The number of ether oxygens (including phenoxy) is 3. The Balaban J connectivity index is 1.30. The number of carbonyl (C=O) groups excluding carboxylic acids is 1. The summed E-state index contributed by atoms with van der Waals surface area (Å²) in [6.45, 7) is 1.78. The van der Waals surface area contributed by atoms with Gasteiger partial charge in [0.1, 0.15) is 24.1 Å². The number of hydrogen-bond acceptors (Lipinski definition) is 7. The number of anilines is 1. The first kappa shape index (κ1) is 25.1. The summed E-state index contributed by atoms with van der Waals surface area (Å²) in [5.41, 5.74) is 2.66. The Morgan fingerprint density at radius 1 is 1.17 bits per heavy atom. The van der Waals surface area contributed by atoms with Crippen molar-refractivity contribution >= 4 is 29.2 Å². The first-order valence-electron chi connectivity index (χ1n) is 11.4. The van der Waals surface area contributed by atoms with E-state index in [0.717, 1.165) is 23.5 Å². The van der Waals surface area contributed by atoms with Gasteiger partial charge >= 0.3 is 5.97 Å². The van der Waals surface area contributed by atoms with Crippen molar-refractivity contribution in [3.05, 3.63) is 76.4 Å². The Labute approximate surface area is 213 Å². The summed E-state index contributed by atoms with van der Waals surface area (Å²) in [5, 5.41) is 15.6. The largest absolute Gasteiger partial charge is 0.497 e. The standard InChI is InChI=1S/C26H26ClN3O6/c1-34-19-7-8-20(21(27)15-19)24(31)30-23(26(32)33)14-16-2-5-18(6-3-16)35-12-10-17-4-9-22-25(29-17)36-13-11-28-22/h2-9,15,23,28H,10-14H2,1H3,(H,30,31)(H,32,33)/t23-/m0/s1. The summed E-state index contributed by atoms with van der Waals surface area (Å²) >= 11 is 6.14. The first-order chi connectivity index (χ1) is 17.4. The van der Waals surface area contributed by atoms with Crippen LogP contribution in [0.2, 0.25) is 5.02 Å². The summed E-state index contributed by atoms with van der Waals surface area (Å²) in [4.78, 5) is 28.9. The zero-order chi connectivity index (χ0) is 25.5. The molecule has 1 aliphatic rings. The Morgan fingerprint density at radius 2 is 1.94 bits per heavy atom. The number of halogens is 1. The molecule has 0 saturated heterocycles. The van der Waals surface area contributed by atoms with Gasteiger partial charge in [0.25, 0.3) is 5.91 Å². The molecule has 9 nitrogen and oxygen atoms in total. The summed E-state index contributed by atoms with van der Waals surface area (Å²) in [5.74, 6) is 0.0314. The molecule has 2 aromatic carbocycles. The number of methoxy groups -OCH3 is 1. The van der Waals surface area contributed by atoms with Gasteiger partial charge in [-0.15, -0.1) is 0 Å². The number of aromatic nitrogens is 1. The van der Waals surface area contributed by atoms with Crippen LogP contribution in [0.4, 0.5) is 5.69 Å². The van der Waals surface area contributed by atoms with Crippen LogP contribution >= 0.6 is 11.6 Å². The molecule has 2 heterocycles. The van der Waals surface area contributed by atoms with Crippen LogP contribution in [0.15, 0.2) is 54.6 Å². The molecule has 0 bridgehead atoms. The van der Waals surface area contributed by atoms with E-state index in [1.807, 2.05) is 12.1 Å². The lowest BCUT2D eigenvalue weighted by Crippen LogP contribution is -2.42. The van der Waals surface area contributed by atoms with Crippen molar-refractivity contribution < 1.29 is 28.9 Å². The minimum absolute atomic E-state index is 0.0994. The molecule has 0 radical (unpaired) electrons. The Bertz CT molecular complexity index is 1230. The molecule has 0 fully saturated rings. The monoisotopic (exact) mass is 511 g/mol. The smallest absolute Gasteiger partial charge is 0.326 e. The fourth-order valence-corrected chi connectivity index (χ4v) is 3.93. The molecule has 0 spiro atoms. The van der Waals surface area contributed by atoms with Gasteiger partial charge in [-0.3, -0.25) is 4.79 Å². The van der Waals surface area contributed by atoms with Gasteiger partial charge in [0.15, 0.2) is 0 Å². The van der Waals surface area contributed by atoms with Gasteiger partial charge in [0.05, 0.1) is 30.0 Å². The lowest BCUT2D eigenvalue weighted by Gasteiger charge is -2.18. The second-order valence-electron chi connectivity index (χ2n) is 8.09. The van der Waals surface area contributed by atoms with E-state index in [1.54, 1.807) is 30.3 Å². The van der Waals surface area contributed by atoms with E-state index in [1.165, 1.54) is 19.2 Å². The number of benzene rings is 2. The number of hydrogen-bond donors (Lipinski definition) is 3. The van der Waals surface area contributed by atoms with E-state index in [-0.39, 0.29) is 17.0 Å². The highest BCUT2D eigenvalue weighted by Gasteiger charge is 2.22. The van der Waals surface area contributed by atoms with Crippen LogP contribution in [-0.2, 0) is 17.6 Å². The average molecular weight is 512 g/mol. The number of nitrogens with one attached hydrogen (secondary N) is 2. The minimum Gasteiger partial charge on any atom is -0.497 e. The SMILES string of the molecule is COc1ccc(C(=O)N[C@@H](Cc2ccc(OCCc3ccc4c(n3)OCCN4)cc2)C(=O)O)c(Cl)c1. The molecule has 10 heteroatoms. The number of pyridine rings is 1. The minimum atomic E-state index is -1.15. The van der Waals surface area contributed by atoms with Gasteiger partial charge in [0, 0.05) is 25.1 Å². The summed E-state index contributed by atoms with van der Waals surface area (Å²) in [7, 11) is 1.49. The molecule has 0 unspecified atom stereocenters. The van der Waals surface area contributed by atoms with Crippen molar-refractivity contribution in [2.24, 2.45) is 0 Å². The van der Waals surface area contributed by atoms with Crippen molar-refractivity contribution in [3.8, 4) is 17.4 Å². The second kappa shape index (κ2) is 11.6. The molecular weight excluding hydrogens is 486 g/mol. The van der Waals surface area contributed by atoms with Gasteiger partial charge in [-0.05, 0) is 48.0 Å². The average Bonchev–Trinajstić information content (AvgIpc) is 2.89. The highest BCUT2D eigenvalue weighted by Crippen LogP contribution is 2.25. The zero-order valence-corrected chi connectivity index (χ0v) is 20.4. The molecule has 188 valence electrons. The molecular formula is C26H26ClN3O6. The molecule has 3 N–H and O–H groups in total. The predicted molar refractivity (Wildman–Crippen MR) is 134 cm³/mol. The van der Waals surface area contributed by atoms with Crippen molar-refractivity contribution in [3.63, 3.8) is 0 Å². The van der Waals surface area contributed by atoms with Crippen LogP contribution in [-0.4, -0.2) is 54.9 Å². The van der Waals surface area contributed by atoms with Crippen molar-refractivity contribution in [1.82, 2.24) is 10.3 Å². The van der Waals surface area contributed by atoms with Gasteiger partial charge < -0.3 is 30.0 Å². The van der Waals surface area contributed by atoms with Gasteiger partial charge in [-0.1, -0.05) is 23.7 Å². The molecule has 0 saturated carbocycles. The number of amides is 1.